The number of carbonyl (C=O) groups excluding carboxylic acids is 1. The fourth-order valence-corrected chi connectivity index (χ4v) is 6.14. The van der Waals surface area contributed by atoms with E-state index in [1.54, 1.807) is 17.8 Å². The number of hydrogen-bond donors (Lipinski definition) is 0. The van der Waals surface area contributed by atoms with Crippen LogP contribution in [0.15, 0.2) is 52.4 Å². The second-order valence-corrected chi connectivity index (χ2v) is 9.63. The minimum Gasteiger partial charge on any atom is -0.295 e. The highest BCUT2D eigenvalue weighted by molar-refractivity contribution is 5.88. The number of hydrazone groups is 1. The summed E-state index contributed by atoms with van der Waals surface area (Å²) < 4.78 is 30.9. The Morgan fingerprint density at radius 3 is 2.44 bits per heavy atom. The molecule has 2 heterocycles. The molecule has 8 heteroatoms. The van der Waals surface area contributed by atoms with Gasteiger partial charge in [-0.2, -0.15) is 5.10 Å². The Bertz CT molecular complexity index is 1330. The van der Waals surface area contributed by atoms with Crippen molar-refractivity contribution in [1.82, 2.24) is 14.1 Å². The molecule has 6 nitrogen and oxygen atoms in total. The number of para-hydroxylation sites is 2. The number of aryl methyl sites for hydroxylation is 1. The normalized spacial score (nSPS) is 28.1. The topological polar surface area (TPSA) is 59.6 Å². The van der Waals surface area contributed by atoms with E-state index < -0.39 is 23.1 Å². The molecule has 164 valence electrons. The van der Waals surface area contributed by atoms with E-state index in [9.17, 15) is 18.4 Å². The first-order chi connectivity index (χ1) is 15.3. The molecule has 7 rings (SSSR count). The first-order valence-electron chi connectivity index (χ1n) is 10.8. The predicted octanol–water partition coefficient (Wildman–Crippen LogP) is 3.75. The summed E-state index contributed by atoms with van der Waals surface area (Å²) >= 11 is 0. The van der Waals surface area contributed by atoms with Gasteiger partial charge in [0.15, 0.2) is 0 Å². The van der Waals surface area contributed by atoms with Gasteiger partial charge >= 0.3 is 5.69 Å². The number of fused-ring (bicyclic) bond motifs is 1. The van der Waals surface area contributed by atoms with Crippen LogP contribution in [0, 0.1) is 22.5 Å². The van der Waals surface area contributed by atoms with Crippen molar-refractivity contribution in [2.75, 3.05) is 0 Å². The lowest BCUT2D eigenvalue weighted by atomic mass is 9.34. The molecule has 3 saturated carbocycles. The molecule has 3 aromatic rings. The van der Waals surface area contributed by atoms with Gasteiger partial charge in [-0.15, -0.1) is 0 Å². The van der Waals surface area contributed by atoms with Crippen LogP contribution in [0.4, 0.5) is 8.78 Å². The molecule has 0 radical (unpaired) electrons. The van der Waals surface area contributed by atoms with Crippen molar-refractivity contribution in [2.45, 2.75) is 38.3 Å². The third-order valence-corrected chi connectivity index (χ3v) is 7.45. The summed E-state index contributed by atoms with van der Waals surface area (Å²) in [4.78, 5) is 26.1. The molecule has 2 bridgehead atoms. The highest BCUT2D eigenvalue weighted by Gasteiger charge is 2.72. The van der Waals surface area contributed by atoms with Gasteiger partial charge in [0.05, 0.1) is 22.5 Å². The molecule has 0 spiro atoms. The fourth-order valence-electron chi connectivity index (χ4n) is 6.14. The Kier molecular flexibility index (Phi) is 3.86. The summed E-state index contributed by atoms with van der Waals surface area (Å²) in [5.41, 5.74) is 1.62. The lowest BCUT2D eigenvalue weighted by Gasteiger charge is -2.69. The average Bonchev–Trinajstić information content (AvgIpc) is 3.28. The van der Waals surface area contributed by atoms with Gasteiger partial charge in [0.1, 0.15) is 11.6 Å². The molecular weight excluding hydrogens is 414 g/mol. The first-order valence-corrected chi connectivity index (χ1v) is 10.8. The van der Waals surface area contributed by atoms with E-state index in [1.807, 2.05) is 28.8 Å². The molecule has 32 heavy (non-hydrogen) atoms. The minimum absolute atomic E-state index is 0.0476. The van der Waals surface area contributed by atoms with Gasteiger partial charge in [-0.3, -0.25) is 13.9 Å². The lowest BCUT2D eigenvalue weighted by molar-refractivity contribution is -0.222. The van der Waals surface area contributed by atoms with Crippen molar-refractivity contribution >= 4 is 23.2 Å². The van der Waals surface area contributed by atoms with Gasteiger partial charge in [-0.25, -0.2) is 18.6 Å². The van der Waals surface area contributed by atoms with Gasteiger partial charge < -0.3 is 0 Å². The first kappa shape index (κ1) is 19.4. The molecule has 0 saturated heterocycles. The van der Waals surface area contributed by atoms with Crippen molar-refractivity contribution in [1.29, 1.82) is 0 Å². The van der Waals surface area contributed by atoms with Crippen LogP contribution in [0.25, 0.3) is 11.0 Å². The van der Waals surface area contributed by atoms with Crippen molar-refractivity contribution in [3.8, 4) is 0 Å². The Hall–Kier alpha value is -3.29. The molecule has 2 aromatic carbocycles. The molecular formula is C24H22F2N4O2. The van der Waals surface area contributed by atoms with Crippen molar-refractivity contribution in [2.24, 2.45) is 23.0 Å². The second-order valence-electron chi connectivity index (χ2n) is 9.63. The van der Waals surface area contributed by atoms with Crippen LogP contribution in [0.3, 0.4) is 0 Å². The zero-order valence-corrected chi connectivity index (χ0v) is 17.6. The van der Waals surface area contributed by atoms with Crippen LogP contribution in [0.1, 0.15) is 37.3 Å². The molecule has 1 atom stereocenters. The highest BCUT2D eigenvalue weighted by atomic mass is 19.1. The van der Waals surface area contributed by atoms with Crippen LogP contribution in [0.2, 0.25) is 0 Å². The summed E-state index contributed by atoms with van der Waals surface area (Å²) in [5, 5.41) is 5.65. The molecule has 3 fully saturated rings. The van der Waals surface area contributed by atoms with E-state index in [4.69, 9.17) is 0 Å². The van der Waals surface area contributed by atoms with E-state index in [-0.39, 0.29) is 17.0 Å². The zero-order valence-electron chi connectivity index (χ0n) is 17.6. The van der Waals surface area contributed by atoms with E-state index >= 15 is 0 Å². The molecule has 1 aromatic heterocycles. The van der Waals surface area contributed by atoms with E-state index in [1.165, 1.54) is 17.1 Å². The standard InChI is InChI=1S/C24H22F2N4O2/c1-28-19-4-2-3-5-20(19)29(22(28)32)14-23-11-24(12-23,13-23)21(31)30-18(6-7-27-30)15-8-16(25)10-17(26)9-15/h2-5,7-10,18H,6,11-14H2,1H3. The number of halogens is 2. The maximum absolute atomic E-state index is 13.7. The monoisotopic (exact) mass is 436 g/mol. The number of rotatable bonds is 4. The fraction of sp³-hybridized carbons (Fsp3) is 0.375. The van der Waals surface area contributed by atoms with Gasteiger partial charge in [-0.05, 0) is 54.5 Å². The number of imidazole rings is 1. The average molecular weight is 436 g/mol. The number of nitrogens with zero attached hydrogens (tertiary/aromatic N) is 4. The summed E-state index contributed by atoms with van der Waals surface area (Å²) in [6.07, 6.45) is 4.16. The van der Waals surface area contributed by atoms with Crippen molar-refractivity contribution in [3.63, 3.8) is 0 Å². The van der Waals surface area contributed by atoms with Gasteiger partial charge in [0, 0.05) is 32.3 Å². The zero-order chi connectivity index (χ0) is 22.3. The minimum atomic E-state index is -0.663. The largest absolute Gasteiger partial charge is 0.328 e. The van der Waals surface area contributed by atoms with Crippen molar-refractivity contribution in [3.05, 3.63) is 70.1 Å². The molecule has 0 N–H and O–H groups in total. The number of amides is 1. The number of benzene rings is 2. The van der Waals surface area contributed by atoms with Crippen LogP contribution in [-0.2, 0) is 18.4 Å². The maximum Gasteiger partial charge on any atom is 0.328 e. The Morgan fingerprint density at radius 1 is 1.09 bits per heavy atom. The number of carbonyl (C=O) groups is 1. The van der Waals surface area contributed by atoms with Crippen molar-refractivity contribution < 1.29 is 13.6 Å². The SMILES string of the molecule is Cn1c(=O)n(CC23CC(C(=O)N4N=CCC4c4cc(F)cc(F)c4)(C2)C3)c2ccccc21. The molecule has 4 aliphatic rings. The summed E-state index contributed by atoms with van der Waals surface area (Å²) in [6, 6.07) is 10.6. The number of aromatic nitrogens is 2. The quantitative estimate of drug-likeness (QED) is 0.626. The molecule has 1 unspecified atom stereocenters. The van der Waals surface area contributed by atoms with Crippen LogP contribution < -0.4 is 5.69 Å². The van der Waals surface area contributed by atoms with E-state index in [0.29, 0.717) is 37.8 Å². The van der Waals surface area contributed by atoms with Gasteiger partial charge in [0.2, 0.25) is 5.91 Å². The highest BCUT2D eigenvalue weighted by Crippen LogP contribution is 2.74. The predicted molar refractivity (Wildman–Crippen MR) is 115 cm³/mol. The lowest BCUT2D eigenvalue weighted by Crippen LogP contribution is -2.69. The van der Waals surface area contributed by atoms with Crippen LogP contribution >= 0.6 is 0 Å². The second kappa shape index (κ2) is 6.37. The number of hydrogen-bond acceptors (Lipinski definition) is 3. The third-order valence-electron chi connectivity index (χ3n) is 7.45. The summed E-state index contributed by atoms with van der Waals surface area (Å²) in [6.45, 7) is 0.587. The van der Waals surface area contributed by atoms with Gasteiger partial charge in [0.25, 0.3) is 0 Å². The van der Waals surface area contributed by atoms with E-state index in [0.717, 1.165) is 17.1 Å². The molecule has 1 amide bonds. The molecule has 3 aliphatic carbocycles. The summed E-state index contributed by atoms with van der Waals surface area (Å²) in [7, 11) is 1.77. The van der Waals surface area contributed by atoms with Crippen LogP contribution in [-0.4, -0.2) is 26.3 Å². The third kappa shape index (κ3) is 2.58. The Labute approximate surface area is 182 Å². The van der Waals surface area contributed by atoms with Gasteiger partial charge in [-0.1, -0.05) is 12.1 Å². The molecule has 1 aliphatic heterocycles. The van der Waals surface area contributed by atoms with E-state index in [2.05, 4.69) is 5.10 Å². The smallest absolute Gasteiger partial charge is 0.295 e. The Balaban J connectivity index is 1.21. The maximum atomic E-state index is 13.7. The van der Waals surface area contributed by atoms with Crippen LogP contribution in [0.5, 0.6) is 0 Å². The Morgan fingerprint density at radius 2 is 1.75 bits per heavy atom. The summed E-state index contributed by atoms with van der Waals surface area (Å²) in [5.74, 6) is -1.42.